The molecular formula is C8H17Br2NO2S. The van der Waals surface area contributed by atoms with Crippen LogP contribution in [0.4, 0.5) is 0 Å². The Labute approximate surface area is 105 Å². The van der Waals surface area contributed by atoms with Gasteiger partial charge in [0.25, 0.3) is 0 Å². The summed E-state index contributed by atoms with van der Waals surface area (Å²) in [5.41, 5.74) is 0. The fourth-order valence-corrected chi connectivity index (χ4v) is 4.37. The van der Waals surface area contributed by atoms with E-state index in [0.717, 1.165) is 25.7 Å². The van der Waals surface area contributed by atoms with Gasteiger partial charge in [-0.2, -0.15) is 4.31 Å². The molecule has 0 aliphatic heterocycles. The average Bonchev–Trinajstić information content (AvgIpc) is 2.04. The van der Waals surface area contributed by atoms with E-state index in [1.165, 1.54) is 4.31 Å². The van der Waals surface area contributed by atoms with Gasteiger partial charge >= 0.3 is 0 Å². The molecule has 0 radical (unpaired) electrons. The minimum atomic E-state index is -1.93. The molecular weight excluding hydrogens is 334 g/mol. The highest BCUT2D eigenvalue weighted by atomic mass is 79.9. The molecule has 0 rings (SSSR count). The molecule has 0 heterocycles. The van der Waals surface area contributed by atoms with Crippen LogP contribution in [-0.4, -0.2) is 23.0 Å². The van der Waals surface area contributed by atoms with Crippen molar-refractivity contribution in [1.82, 2.24) is 4.31 Å². The maximum Gasteiger partial charge on any atom is 0.236 e. The highest BCUT2D eigenvalue weighted by molar-refractivity contribution is 9.10. The molecule has 14 heavy (non-hydrogen) atoms. The van der Waals surface area contributed by atoms with E-state index in [1.807, 2.05) is 0 Å². The van der Waals surface area contributed by atoms with Crippen molar-refractivity contribution in [2.24, 2.45) is 0 Å². The largest absolute Gasteiger partial charge is 0.294 e. The molecule has 0 aromatic heterocycles. The first-order chi connectivity index (χ1) is 6.54. The minimum absolute atomic E-state index is 0.0470. The van der Waals surface area contributed by atoms with Crippen LogP contribution >= 0.6 is 31.9 Å². The highest BCUT2D eigenvalue weighted by Gasteiger charge is 2.26. The van der Waals surface area contributed by atoms with Crippen LogP contribution in [0.15, 0.2) is 0 Å². The van der Waals surface area contributed by atoms with Gasteiger partial charge in [0.1, 0.15) is 0 Å². The highest BCUT2D eigenvalue weighted by Crippen LogP contribution is 2.24. The zero-order chi connectivity index (χ0) is 11.1. The van der Waals surface area contributed by atoms with E-state index in [1.54, 1.807) is 0 Å². The Morgan fingerprint density at radius 3 is 1.79 bits per heavy atom. The van der Waals surface area contributed by atoms with Crippen LogP contribution in [0.25, 0.3) is 0 Å². The first-order valence-corrected chi connectivity index (χ1v) is 7.61. The summed E-state index contributed by atoms with van der Waals surface area (Å²) in [6.45, 7) is 4.10. The molecule has 3 atom stereocenters. The van der Waals surface area contributed by atoms with E-state index in [2.05, 4.69) is 45.7 Å². The van der Waals surface area contributed by atoms with Gasteiger partial charge < -0.3 is 0 Å². The summed E-state index contributed by atoms with van der Waals surface area (Å²) in [4.78, 5) is -0.0940. The van der Waals surface area contributed by atoms with Crippen LogP contribution in [0.5, 0.6) is 0 Å². The second-order valence-corrected chi connectivity index (χ2v) is 6.03. The van der Waals surface area contributed by atoms with Gasteiger partial charge in [-0.1, -0.05) is 58.5 Å². The third kappa shape index (κ3) is 5.21. The number of hydrogen-bond acceptors (Lipinski definition) is 1. The van der Waals surface area contributed by atoms with Crippen LogP contribution in [0.2, 0.25) is 0 Å². The molecule has 1 N–H and O–H groups in total. The van der Waals surface area contributed by atoms with Crippen LogP contribution in [0.1, 0.15) is 39.5 Å². The summed E-state index contributed by atoms with van der Waals surface area (Å²) in [6.07, 6.45) is 3.68. The summed E-state index contributed by atoms with van der Waals surface area (Å²) in [6, 6.07) is 0. The predicted octanol–water partition coefficient (Wildman–Crippen LogP) is 3.47. The fourth-order valence-electron chi connectivity index (χ4n) is 1.10. The summed E-state index contributed by atoms with van der Waals surface area (Å²) < 4.78 is 21.8. The van der Waals surface area contributed by atoms with Gasteiger partial charge in [-0.25, -0.2) is 4.21 Å². The molecule has 3 unspecified atom stereocenters. The van der Waals surface area contributed by atoms with E-state index < -0.39 is 11.3 Å². The molecule has 3 nitrogen and oxygen atoms in total. The molecule has 86 valence electrons. The van der Waals surface area contributed by atoms with Gasteiger partial charge in [0.2, 0.25) is 11.3 Å². The Morgan fingerprint density at radius 1 is 1.21 bits per heavy atom. The first-order valence-electron chi connectivity index (χ1n) is 4.72. The lowest BCUT2D eigenvalue weighted by Gasteiger charge is -2.27. The molecule has 0 aliphatic rings. The molecule has 0 aromatic rings. The van der Waals surface area contributed by atoms with E-state index in [-0.39, 0.29) is 9.90 Å². The Balaban J connectivity index is 4.33. The van der Waals surface area contributed by atoms with Crippen molar-refractivity contribution in [3.63, 3.8) is 0 Å². The van der Waals surface area contributed by atoms with Gasteiger partial charge in [0.05, 0.1) is 9.90 Å². The molecule has 0 saturated heterocycles. The molecule has 0 bridgehead atoms. The SMILES string of the molecule is CCCC(Br)N(C(Br)CCC)S(=O)O. The Kier molecular flexibility index (Phi) is 8.82. The van der Waals surface area contributed by atoms with Gasteiger partial charge in [0.15, 0.2) is 0 Å². The van der Waals surface area contributed by atoms with E-state index >= 15 is 0 Å². The van der Waals surface area contributed by atoms with Crippen LogP contribution < -0.4 is 0 Å². The Morgan fingerprint density at radius 2 is 1.57 bits per heavy atom. The van der Waals surface area contributed by atoms with Crippen LogP contribution in [0.3, 0.4) is 0 Å². The molecule has 0 fully saturated rings. The lowest BCUT2D eigenvalue weighted by Crippen LogP contribution is -2.38. The second kappa shape index (κ2) is 8.21. The number of rotatable bonds is 7. The van der Waals surface area contributed by atoms with Crippen molar-refractivity contribution in [1.29, 1.82) is 0 Å². The average molecular weight is 351 g/mol. The predicted molar refractivity (Wildman–Crippen MR) is 67.9 cm³/mol. The van der Waals surface area contributed by atoms with Gasteiger partial charge in [-0.05, 0) is 12.8 Å². The van der Waals surface area contributed by atoms with Gasteiger partial charge in [-0.3, -0.25) is 4.55 Å². The number of nitrogens with zero attached hydrogens (tertiary/aromatic N) is 1. The first kappa shape index (κ1) is 15.0. The van der Waals surface area contributed by atoms with Crippen LogP contribution in [0, 0.1) is 0 Å². The van der Waals surface area contributed by atoms with Crippen molar-refractivity contribution in [2.75, 3.05) is 0 Å². The number of halogens is 2. The molecule has 0 aromatic carbocycles. The molecule has 0 saturated carbocycles. The quantitative estimate of drug-likeness (QED) is 0.434. The summed E-state index contributed by atoms with van der Waals surface area (Å²) in [5, 5.41) is 0. The zero-order valence-electron chi connectivity index (χ0n) is 8.45. The maximum absolute atomic E-state index is 11.1. The smallest absolute Gasteiger partial charge is 0.236 e. The topological polar surface area (TPSA) is 40.5 Å². The minimum Gasteiger partial charge on any atom is -0.294 e. The number of alkyl halides is 2. The van der Waals surface area contributed by atoms with Gasteiger partial charge in [0, 0.05) is 0 Å². The second-order valence-electron chi connectivity index (χ2n) is 3.04. The lowest BCUT2D eigenvalue weighted by atomic mass is 10.3. The molecule has 0 spiro atoms. The van der Waals surface area contributed by atoms with Crippen LogP contribution in [-0.2, 0) is 11.3 Å². The fraction of sp³-hybridized carbons (Fsp3) is 1.00. The van der Waals surface area contributed by atoms with Crippen molar-refractivity contribution in [3.8, 4) is 0 Å². The third-order valence-corrected chi connectivity index (χ3v) is 5.00. The molecule has 0 aliphatic carbocycles. The van der Waals surface area contributed by atoms with Crippen molar-refractivity contribution >= 4 is 43.1 Å². The normalized spacial score (nSPS) is 18.1. The van der Waals surface area contributed by atoms with Crippen molar-refractivity contribution in [2.45, 2.75) is 49.4 Å². The monoisotopic (exact) mass is 349 g/mol. The summed E-state index contributed by atoms with van der Waals surface area (Å²) in [7, 11) is 0. The van der Waals surface area contributed by atoms with Crippen molar-refractivity contribution < 1.29 is 8.76 Å². The Bertz CT molecular complexity index is 171. The maximum atomic E-state index is 11.1. The number of hydrogen-bond donors (Lipinski definition) is 1. The summed E-state index contributed by atoms with van der Waals surface area (Å²) in [5.74, 6) is 0. The standard InChI is InChI=1S/C8H17Br2NO2S/c1-3-5-7(9)11(14(12)13)8(10)6-4-2/h7-8H,3-6H2,1-2H3,(H,12,13). The third-order valence-electron chi connectivity index (χ3n) is 1.79. The lowest BCUT2D eigenvalue weighted by molar-refractivity contribution is 0.348. The van der Waals surface area contributed by atoms with E-state index in [9.17, 15) is 4.21 Å². The Hall–Kier alpha value is 1.03. The van der Waals surface area contributed by atoms with Crippen molar-refractivity contribution in [3.05, 3.63) is 0 Å². The zero-order valence-corrected chi connectivity index (χ0v) is 12.4. The molecule has 6 heteroatoms. The molecule has 0 amide bonds. The summed E-state index contributed by atoms with van der Waals surface area (Å²) >= 11 is 4.91. The van der Waals surface area contributed by atoms with E-state index in [0.29, 0.717) is 0 Å². The van der Waals surface area contributed by atoms with E-state index in [4.69, 9.17) is 4.55 Å². The van der Waals surface area contributed by atoms with Gasteiger partial charge in [-0.15, -0.1) is 0 Å².